The van der Waals surface area contributed by atoms with Gasteiger partial charge < -0.3 is 11.1 Å². The van der Waals surface area contributed by atoms with Gasteiger partial charge in [-0.15, -0.1) is 0 Å². The summed E-state index contributed by atoms with van der Waals surface area (Å²) in [6.07, 6.45) is 5.01. The van der Waals surface area contributed by atoms with Crippen LogP contribution in [0.25, 0.3) is 28.0 Å². The molecule has 0 saturated carbocycles. The number of carbonyl (C=O) groups excluding carboxylic acids is 2. The lowest BCUT2D eigenvalue weighted by Crippen LogP contribution is -2.15. The number of rotatable bonds is 5. The topological polar surface area (TPSA) is 102 Å². The molecular weight excluding hydrogens is 445 g/mol. The van der Waals surface area contributed by atoms with Crippen molar-refractivity contribution in [2.75, 3.05) is 5.32 Å². The van der Waals surface area contributed by atoms with Crippen LogP contribution < -0.4 is 11.1 Å². The minimum Gasteiger partial charge on any atom is -0.366 e. The fraction of sp³-hybridized carbons (Fsp3) is 0.0370. The highest BCUT2D eigenvalue weighted by Gasteiger charge is 2.15. The summed E-state index contributed by atoms with van der Waals surface area (Å²) in [5.41, 5.74) is 10.8. The normalized spacial score (nSPS) is 10.9. The lowest BCUT2D eigenvalue weighted by Gasteiger charge is -2.11. The lowest BCUT2D eigenvalue weighted by atomic mass is 9.99. The quantitative estimate of drug-likeness (QED) is 0.387. The Labute approximate surface area is 200 Å². The number of amides is 2. The molecule has 3 aromatic heterocycles. The summed E-state index contributed by atoms with van der Waals surface area (Å²) in [6.45, 7) is 1.71. The van der Waals surface area contributed by atoms with Gasteiger partial charge in [0.2, 0.25) is 5.91 Å². The predicted molar refractivity (Wildman–Crippen MR) is 131 cm³/mol. The largest absolute Gasteiger partial charge is 0.366 e. The van der Waals surface area contributed by atoms with E-state index in [9.17, 15) is 14.0 Å². The van der Waals surface area contributed by atoms with Crippen LogP contribution in [0.3, 0.4) is 0 Å². The number of primary amides is 1. The second-order valence-corrected chi connectivity index (χ2v) is 8.05. The van der Waals surface area contributed by atoms with Gasteiger partial charge in [-0.25, -0.2) is 9.37 Å². The number of hydrogen-bond donors (Lipinski definition) is 2. The third-order valence-corrected chi connectivity index (χ3v) is 5.72. The minimum absolute atomic E-state index is 0.272. The van der Waals surface area contributed by atoms with Crippen molar-refractivity contribution in [1.82, 2.24) is 14.4 Å². The van der Waals surface area contributed by atoms with Crippen LogP contribution in [0.15, 0.2) is 85.3 Å². The molecule has 0 aliphatic rings. The maximum Gasteiger partial charge on any atom is 0.274 e. The Bertz CT molecular complexity index is 1590. The van der Waals surface area contributed by atoms with Crippen molar-refractivity contribution in [3.63, 3.8) is 0 Å². The fourth-order valence-corrected chi connectivity index (χ4v) is 3.88. The van der Waals surface area contributed by atoms with Crippen LogP contribution in [0.4, 0.5) is 10.1 Å². The van der Waals surface area contributed by atoms with Crippen LogP contribution in [0.2, 0.25) is 0 Å². The van der Waals surface area contributed by atoms with E-state index in [0.29, 0.717) is 33.8 Å². The van der Waals surface area contributed by atoms with Crippen LogP contribution >= 0.6 is 0 Å². The van der Waals surface area contributed by atoms with Crippen LogP contribution in [-0.2, 0) is 0 Å². The van der Waals surface area contributed by atoms with Crippen molar-refractivity contribution in [2.24, 2.45) is 5.73 Å². The number of pyridine rings is 2. The average Bonchev–Trinajstić information content (AvgIpc) is 3.29. The van der Waals surface area contributed by atoms with Crippen molar-refractivity contribution < 1.29 is 14.0 Å². The Morgan fingerprint density at radius 2 is 1.74 bits per heavy atom. The molecule has 5 aromatic rings. The number of nitrogens with two attached hydrogens (primary N) is 1. The number of benzene rings is 2. The molecule has 0 aliphatic heterocycles. The highest BCUT2D eigenvalue weighted by Crippen LogP contribution is 2.31. The van der Waals surface area contributed by atoms with Crippen molar-refractivity contribution in [3.05, 3.63) is 108 Å². The molecule has 7 nitrogen and oxygen atoms in total. The number of aryl methyl sites for hydroxylation is 1. The molecule has 2 amide bonds. The first-order valence-corrected chi connectivity index (χ1v) is 10.8. The Morgan fingerprint density at radius 3 is 2.49 bits per heavy atom. The number of halogens is 1. The molecule has 0 radical (unpaired) electrons. The summed E-state index contributed by atoms with van der Waals surface area (Å²) < 4.78 is 15.5. The zero-order chi connectivity index (χ0) is 24.5. The summed E-state index contributed by atoms with van der Waals surface area (Å²) in [5.74, 6) is -1.17. The number of imidazole rings is 1. The Kier molecular flexibility index (Phi) is 5.54. The van der Waals surface area contributed by atoms with E-state index in [1.807, 2.05) is 30.5 Å². The standard InChI is InChI=1S/C27H20FN5O2/c1-16-13-18(6-10-22(16)28)25-21(3-2-12-30-25)19-7-11-24-31-14-23(33(24)15-19)27(35)32-20-8-4-17(5-9-20)26(29)34/h2-15H,1H3,(H2,29,34)(H,32,35). The van der Waals surface area contributed by atoms with Gasteiger partial charge in [0.05, 0.1) is 11.9 Å². The van der Waals surface area contributed by atoms with Crippen LogP contribution in [-0.4, -0.2) is 26.2 Å². The first-order valence-electron chi connectivity index (χ1n) is 10.8. The molecule has 35 heavy (non-hydrogen) atoms. The number of nitrogens with zero attached hydrogens (tertiary/aromatic N) is 3. The maximum absolute atomic E-state index is 13.8. The van der Waals surface area contributed by atoms with Gasteiger partial charge in [0.15, 0.2) is 0 Å². The number of anilines is 1. The van der Waals surface area contributed by atoms with Gasteiger partial charge in [0.1, 0.15) is 17.2 Å². The summed E-state index contributed by atoms with van der Waals surface area (Å²) >= 11 is 0. The molecule has 0 saturated heterocycles. The maximum atomic E-state index is 13.8. The molecule has 0 aliphatic carbocycles. The molecular formula is C27H20FN5O2. The molecule has 3 heterocycles. The van der Waals surface area contributed by atoms with Gasteiger partial charge in [0.25, 0.3) is 5.91 Å². The van der Waals surface area contributed by atoms with Crippen molar-refractivity contribution in [3.8, 4) is 22.4 Å². The van der Waals surface area contributed by atoms with E-state index in [-0.39, 0.29) is 11.7 Å². The summed E-state index contributed by atoms with van der Waals surface area (Å²) in [4.78, 5) is 33.1. The highest BCUT2D eigenvalue weighted by molar-refractivity contribution is 6.04. The van der Waals surface area contributed by atoms with Gasteiger partial charge >= 0.3 is 0 Å². The fourth-order valence-electron chi connectivity index (χ4n) is 3.88. The number of carbonyl (C=O) groups is 2. The Balaban J connectivity index is 1.51. The second-order valence-electron chi connectivity index (χ2n) is 8.05. The Morgan fingerprint density at radius 1 is 0.971 bits per heavy atom. The van der Waals surface area contributed by atoms with Gasteiger partial charge in [-0.2, -0.15) is 0 Å². The number of fused-ring (bicyclic) bond motifs is 1. The van der Waals surface area contributed by atoms with E-state index in [2.05, 4.69) is 15.3 Å². The van der Waals surface area contributed by atoms with E-state index in [1.54, 1.807) is 53.9 Å². The molecule has 172 valence electrons. The first-order chi connectivity index (χ1) is 16.9. The van der Waals surface area contributed by atoms with Gasteiger partial charge in [-0.1, -0.05) is 6.07 Å². The monoisotopic (exact) mass is 465 g/mol. The summed E-state index contributed by atoms with van der Waals surface area (Å²) in [7, 11) is 0. The van der Waals surface area contributed by atoms with Crippen LogP contribution in [0.1, 0.15) is 26.4 Å². The third kappa shape index (κ3) is 4.24. The van der Waals surface area contributed by atoms with E-state index in [4.69, 9.17) is 5.73 Å². The van der Waals surface area contributed by atoms with Crippen molar-refractivity contribution >= 4 is 23.1 Å². The van der Waals surface area contributed by atoms with E-state index < -0.39 is 5.91 Å². The minimum atomic E-state index is -0.539. The lowest BCUT2D eigenvalue weighted by molar-refractivity contribution is 0.0997. The van der Waals surface area contributed by atoms with Gasteiger partial charge in [-0.05, 0) is 73.2 Å². The van der Waals surface area contributed by atoms with Crippen molar-refractivity contribution in [2.45, 2.75) is 6.92 Å². The zero-order valence-corrected chi connectivity index (χ0v) is 18.7. The molecule has 2 aromatic carbocycles. The first kappa shape index (κ1) is 22.0. The highest BCUT2D eigenvalue weighted by atomic mass is 19.1. The molecule has 0 unspecified atom stereocenters. The van der Waals surface area contributed by atoms with Crippen LogP contribution in [0, 0.1) is 12.7 Å². The number of nitrogens with one attached hydrogen (secondary N) is 1. The van der Waals surface area contributed by atoms with Crippen LogP contribution in [0.5, 0.6) is 0 Å². The molecule has 3 N–H and O–H groups in total. The second kappa shape index (κ2) is 8.83. The molecule has 0 atom stereocenters. The van der Waals surface area contributed by atoms with Crippen molar-refractivity contribution in [1.29, 1.82) is 0 Å². The Hall–Kier alpha value is -4.85. The van der Waals surface area contributed by atoms with Gasteiger partial charge in [0, 0.05) is 40.3 Å². The molecule has 0 spiro atoms. The summed E-state index contributed by atoms with van der Waals surface area (Å²) in [6, 6.07) is 18.7. The van der Waals surface area contributed by atoms with E-state index in [1.165, 1.54) is 12.3 Å². The predicted octanol–water partition coefficient (Wildman–Crippen LogP) is 4.86. The molecule has 8 heteroatoms. The van der Waals surface area contributed by atoms with Gasteiger partial charge in [-0.3, -0.25) is 19.0 Å². The zero-order valence-electron chi connectivity index (χ0n) is 18.7. The smallest absolute Gasteiger partial charge is 0.274 e. The average molecular weight is 465 g/mol. The van der Waals surface area contributed by atoms with E-state index >= 15 is 0 Å². The third-order valence-electron chi connectivity index (χ3n) is 5.72. The summed E-state index contributed by atoms with van der Waals surface area (Å²) in [5, 5.41) is 2.81. The molecule has 0 fully saturated rings. The SMILES string of the molecule is Cc1cc(-c2ncccc2-c2ccc3ncc(C(=O)Nc4ccc(C(N)=O)cc4)n3c2)ccc1F. The number of hydrogen-bond acceptors (Lipinski definition) is 4. The molecule has 0 bridgehead atoms. The number of aromatic nitrogens is 3. The molecule has 5 rings (SSSR count). The van der Waals surface area contributed by atoms with E-state index in [0.717, 1.165) is 16.7 Å².